The van der Waals surface area contributed by atoms with Crippen molar-refractivity contribution in [3.05, 3.63) is 77.0 Å². The largest absolute Gasteiger partial charge is 0.366 e. The first kappa shape index (κ1) is 23.5. The fourth-order valence-electron chi connectivity index (χ4n) is 4.26. The first-order valence-corrected chi connectivity index (χ1v) is 11.5. The van der Waals surface area contributed by atoms with Gasteiger partial charge in [-0.3, -0.25) is 9.59 Å². The molecule has 3 unspecified atom stereocenters. The van der Waals surface area contributed by atoms with Gasteiger partial charge < -0.3 is 21.7 Å². The average molecular weight is 479 g/mol. The van der Waals surface area contributed by atoms with Crippen LogP contribution >= 0.6 is 11.6 Å². The number of rotatable bonds is 8. The highest BCUT2D eigenvalue weighted by Gasteiger charge is 2.33. The molecule has 2 amide bonds. The third kappa shape index (κ3) is 5.28. The second-order valence-electron chi connectivity index (χ2n) is 8.51. The van der Waals surface area contributed by atoms with Crippen molar-refractivity contribution < 1.29 is 9.59 Å². The Balaban J connectivity index is 1.53. The molecule has 0 saturated heterocycles. The number of carbonyl (C=O) groups is 2. The molecule has 1 saturated carbocycles. The molecule has 4 rings (SSSR count). The Hall–Kier alpha value is -3.65. The Bertz CT molecular complexity index is 1190. The second-order valence-corrected chi connectivity index (χ2v) is 8.92. The highest BCUT2D eigenvalue weighted by Crippen LogP contribution is 2.35. The lowest BCUT2D eigenvalue weighted by molar-refractivity contribution is -0.117. The van der Waals surface area contributed by atoms with E-state index in [1.54, 1.807) is 18.2 Å². The number of aromatic nitrogens is 2. The van der Waals surface area contributed by atoms with Gasteiger partial charge in [0.1, 0.15) is 5.02 Å². The molecule has 0 spiro atoms. The smallest absolute Gasteiger partial charge is 0.248 e. The van der Waals surface area contributed by atoms with Crippen molar-refractivity contribution in [3.63, 3.8) is 0 Å². The van der Waals surface area contributed by atoms with E-state index in [1.807, 2.05) is 13.0 Å². The fraction of sp³-hybridized carbons (Fsp3) is 0.280. The van der Waals surface area contributed by atoms with Crippen LogP contribution < -0.4 is 21.7 Å². The van der Waals surface area contributed by atoms with Gasteiger partial charge in [0.2, 0.25) is 17.8 Å². The highest BCUT2D eigenvalue weighted by molar-refractivity contribution is 6.32. The van der Waals surface area contributed by atoms with E-state index in [0.717, 1.165) is 24.8 Å². The number of nitrogens with two attached hydrogens (primary N) is 1. The quantitative estimate of drug-likeness (QED) is 0.425. The van der Waals surface area contributed by atoms with E-state index in [4.69, 9.17) is 17.3 Å². The van der Waals surface area contributed by atoms with Crippen LogP contribution in [0.5, 0.6) is 0 Å². The fourth-order valence-corrected chi connectivity index (χ4v) is 4.41. The summed E-state index contributed by atoms with van der Waals surface area (Å²) in [4.78, 5) is 32.5. The van der Waals surface area contributed by atoms with E-state index < -0.39 is 5.91 Å². The molecule has 2 aliphatic rings. The van der Waals surface area contributed by atoms with E-state index >= 15 is 0 Å². The van der Waals surface area contributed by atoms with Crippen LogP contribution in [0.1, 0.15) is 35.2 Å². The molecule has 2 aliphatic carbocycles. The number of primary amides is 1. The van der Waals surface area contributed by atoms with Crippen LogP contribution in [0, 0.1) is 12.8 Å². The lowest BCUT2D eigenvalue weighted by atomic mass is 9.76. The van der Waals surface area contributed by atoms with Crippen molar-refractivity contribution >= 4 is 40.9 Å². The Morgan fingerprint density at radius 1 is 1.26 bits per heavy atom. The number of amides is 2. The summed E-state index contributed by atoms with van der Waals surface area (Å²) in [6.45, 7) is 5.48. The summed E-state index contributed by atoms with van der Waals surface area (Å²) in [6.07, 6.45) is 11.7. The summed E-state index contributed by atoms with van der Waals surface area (Å²) in [6, 6.07) is 4.95. The molecule has 2 aromatic rings. The van der Waals surface area contributed by atoms with Crippen LogP contribution in [0.4, 0.5) is 17.5 Å². The molecule has 1 aromatic carbocycles. The Morgan fingerprint density at radius 3 is 2.74 bits per heavy atom. The highest BCUT2D eigenvalue weighted by atomic mass is 35.5. The van der Waals surface area contributed by atoms with Crippen molar-refractivity contribution in [1.29, 1.82) is 0 Å². The first-order chi connectivity index (χ1) is 16.3. The van der Waals surface area contributed by atoms with Crippen LogP contribution in [0.15, 0.2) is 60.9 Å². The molecule has 0 aliphatic heterocycles. The minimum absolute atomic E-state index is 0.0648. The zero-order valence-corrected chi connectivity index (χ0v) is 19.6. The molecule has 176 valence electrons. The maximum atomic E-state index is 12.1. The molecular formula is C25H27ClN6O2. The van der Waals surface area contributed by atoms with Gasteiger partial charge in [-0.15, -0.1) is 0 Å². The number of aryl methyl sites for hydroxylation is 1. The Kier molecular flexibility index (Phi) is 6.98. The van der Waals surface area contributed by atoms with E-state index in [-0.39, 0.29) is 18.0 Å². The van der Waals surface area contributed by atoms with Gasteiger partial charge in [-0.05, 0) is 61.4 Å². The first-order valence-electron chi connectivity index (χ1n) is 11.1. The summed E-state index contributed by atoms with van der Waals surface area (Å²) in [5.74, 6) is 0.459. The van der Waals surface area contributed by atoms with Gasteiger partial charge in [0, 0.05) is 23.3 Å². The molecule has 9 heteroatoms. The molecule has 5 N–H and O–H groups in total. The van der Waals surface area contributed by atoms with Gasteiger partial charge in [-0.1, -0.05) is 42.5 Å². The molecule has 1 aromatic heterocycles. The normalized spacial score (nSPS) is 21.1. The van der Waals surface area contributed by atoms with Crippen molar-refractivity contribution in [2.75, 3.05) is 10.6 Å². The third-order valence-corrected chi connectivity index (χ3v) is 6.52. The number of carbonyl (C=O) groups excluding carboxylic acids is 2. The van der Waals surface area contributed by atoms with Crippen LogP contribution in [0.2, 0.25) is 5.02 Å². The summed E-state index contributed by atoms with van der Waals surface area (Å²) in [5.41, 5.74) is 8.68. The van der Waals surface area contributed by atoms with Crippen molar-refractivity contribution in [2.24, 2.45) is 11.7 Å². The van der Waals surface area contributed by atoms with Crippen molar-refractivity contribution in [1.82, 2.24) is 15.3 Å². The number of allylic oxidation sites excluding steroid dienone is 4. The number of hydrogen-bond donors (Lipinski definition) is 4. The van der Waals surface area contributed by atoms with Crippen LogP contribution in [-0.4, -0.2) is 33.9 Å². The minimum Gasteiger partial charge on any atom is -0.366 e. The van der Waals surface area contributed by atoms with E-state index in [9.17, 15) is 9.59 Å². The minimum atomic E-state index is -0.515. The lowest BCUT2D eigenvalue weighted by Gasteiger charge is -2.38. The number of anilines is 3. The summed E-state index contributed by atoms with van der Waals surface area (Å²) >= 11 is 6.41. The number of hydrogen-bond acceptors (Lipinski definition) is 6. The van der Waals surface area contributed by atoms with Crippen molar-refractivity contribution in [3.8, 4) is 0 Å². The molecule has 8 nitrogen and oxygen atoms in total. The predicted molar refractivity (Wildman–Crippen MR) is 134 cm³/mol. The molecule has 1 heterocycles. The maximum absolute atomic E-state index is 12.1. The van der Waals surface area contributed by atoms with Gasteiger partial charge >= 0.3 is 0 Å². The van der Waals surface area contributed by atoms with Crippen LogP contribution in [-0.2, 0) is 4.79 Å². The third-order valence-electron chi connectivity index (χ3n) is 6.25. The topological polar surface area (TPSA) is 122 Å². The van der Waals surface area contributed by atoms with Gasteiger partial charge in [0.05, 0.1) is 6.20 Å². The lowest BCUT2D eigenvalue weighted by Crippen LogP contribution is -2.50. The molecule has 0 radical (unpaired) electrons. The van der Waals surface area contributed by atoms with E-state index in [1.165, 1.54) is 17.8 Å². The van der Waals surface area contributed by atoms with Crippen molar-refractivity contribution in [2.45, 2.75) is 38.3 Å². The Labute approximate surface area is 203 Å². The van der Waals surface area contributed by atoms with E-state index in [2.05, 4.69) is 44.6 Å². The van der Waals surface area contributed by atoms with Gasteiger partial charge in [0.25, 0.3) is 0 Å². The summed E-state index contributed by atoms with van der Waals surface area (Å²) in [7, 11) is 0. The van der Waals surface area contributed by atoms with Crippen LogP contribution in [0.25, 0.3) is 0 Å². The monoisotopic (exact) mass is 478 g/mol. The average Bonchev–Trinajstić information content (AvgIpc) is 2.77. The van der Waals surface area contributed by atoms with Crippen LogP contribution in [0.3, 0.4) is 0 Å². The van der Waals surface area contributed by atoms with E-state index in [0.29, 0.717) is 34.0 Å². The Morgan fingerprint density at radius 2 is 2.06 bits per heavy atom. The SMILES string of the molecule is C=CC(=O)NC1CC(C2=CC=C2)CCC1Nc1nc(Nc2cc(C(N)=O)ccc2C)ncc1Cl. The number of nitrogens with zero attached hydrogens (tertiary/aromatic N) is 2. The van der Waals surface area contributed by atoms with Gasteiger partial charge in [-0.2, -0.15) is 4.98 Å². The molecule has 3 atom stereocenters. The molecular weight excluding hydrogens is 452 g/mol. The molecule has 1 fully saturated rings. The van der Waals surface area contributed by atoms with Gasteiger partial charge in [0.15, 0.2) is 5.82 Å². The number of benzene rings is 1. The molecule has 34 heavy (non-hydrogen) atoms. The maximum Gasteiger partial charge on any atom is 0.248 e. The number of nitrogens with one attached hydrogen (secondary N) is 3. The zero-order chi connectivity index (χ0) is 24.2. The van der Waals surface area contributed by atoms with Gasteiger partial charge in [-0.25, -0.2) is 4.98 Å². The summed E-state index contributed by atoms with van der Waals surface area (Å²) < 4.78 is 0. The number of halogens is 1. The predicted octanol–water partition coefficient (Wildman–Crippen LogP) is 4.03. The standard InChI is InChI=1S/C25H27ClN6O2/c1-3-22(33)29-21-11-16(15-5-4-6-15)9-10-19(21)30-24-18(26)13-28-25(32-24)31-20-12-17(23(27)34)8-7-14(20)2/h3-8,12-13,16,19,21H,1,9-11H2,2H3,(H2,27,34)(H,29,33)(H2,28,30,31,32). The zero-order valence-electron chi connectivity index (χ0n) is 18.8. The molecule has 0 bridgehead atoms. The second kappa shape index (κ2) is 10.1. The summed E-state index contributed by atoms with van der Waals surface area (Å²) in [5, 5.41) is 9.97.